The zero-order valence-corrected chi connectivity index (χ0v) is 15.3. The number of nitrogens with zero attached hydrogens (tertiary/aromatic N) is 2. The number of hydrogen-bond donors (Lipinski definition) is 0. The van der Waals surface area contributed by atoms with Crippen LogP contribution in [0.1, 0.15) is 34.0 Å². The molecule has 0 aliphatic carbocycles. The van der Waals surface area contributed by atoms with Crippen molar-refractivity contribution in [1.82, 2.24) is 4.90 Å². The average Bonchev–Trinajstić information content (AvgIpc) is 2.59. The quantitative estimate of drug-likeness (QED) is 0.431. The van der Waals surface area contributed by atoms with Crippen LogP contribution in [0.3, 0.4) is 0 Å². The summed E-state index contributed by atoms with van der Waals surface area (Å²) in [4.78, 5) is 18.7. The van der Waals surface area contributed by atoms with Crippen LogP contribution in [0.5, 0.6) is 0 Å². The van der Waals surface area contributed by atoms with Gasteiger partial charge >= 0.3 is 5.97 Å². The molecule has 0 amide bonds. The van der Waals surface area contributed by atoms with Gasteiger partial charge in [-0.25, -0.2) is 18.6 Å². The predicted molar refractivity (Wildman–Crippen MR) is 97.8 cm³/mol. The van der Waals surface area contributed by atoms with Crippen LogP contribution in [-0.4, -0.2) is 30.8 Å². The van der Waals surface area contributed by atoms with Crippen molar-refractivity contribution in [2.24, 2.45) is 4.99 Å². The molecular weight excluding hydrogens is 338 g/mol. The summed E-state index contributed by atoms with van der Waals surface area (Å²) in [6, 6.07) is 6.44. The van der Waals surface area contributed by atoms with Gasteiger partial charge in [0.05, 0.1) is 17.6 Å². The van der Waals surface area contributed by atoms with Gasteiger partial charge in [-0.3, -0.25) is 0 Å². The molecule has 0 saturated carbocycles. The second kappa shape index (κ2) is 8.56. The molecule has 26 heavy (non-hydrogen) atoms. The van der Waals surface area contributed by atoms with Crippen molar-refractivity contribution in [3.63, 3.8) is 0 Å². The molecule has 0 bridgehead atoms. The van der Waals surface area contributed by atoms with E-state index >= 15 is 0 Å². The molecule has 0 atom stereocenters. The zero-order chi connectivity index (χ0) is 19.3. The molecule has 4 nitrogen and oxygen atoms in total. The number of aliphatic imine (C=N–C) groups is 1. The van der Waals surface area contributed by atoms with E-state index in [9.17, 15) is 13.6 Å². The Bertz CT molecular complexity index is 815. The number of hydrogen-bond acceptors (Lipinski definition) is 3. The molecule has 0 heterocycles. The number of halogens is 2. The number of benzene rings is 2. The first-order valence-electron chi connectivity index (χ1n) is 8.28. The molecular formula is C20H22F2N2O2. The molecule has 0 saturated heterocycles. The fourth-order valence-electron chi connectivity index (χ4n) is 2.33. The Morgan fingerprint density at radius 1 is 1.15 bits per heavy atom. The summed E-state index contributed by atoms with van der Waals surface area (Å²) in [5, 5.41) is 0. The molecule has 2 rings (SSSR count). The normalized spacial score (nSPS) is 11.0. The fraction of sp³-hybridized carbons (Fsp3) is 0.300. The van der Waals surface area contributed by atoms with Crippen LogP contribution in [0, 0.1) is 25.5 Å². The molecule has 0 spiro atoms. The van der Waals surface area contributed by atoms with Crippen molar-refractivity contribution in [3.05, 3.63) is 64.2 Å². The second-order valence-electron chi connectivity index (χ2n) is 6.05. The number of esters is 1. The molecule has 0 unspecified atom stereocenters. The number of ether oxygens (including phenoxy) is 1. The van der Waals surface area contributed by atoms with Crippen LogP contribution in [0.2, 0.25) is 0 Å². The van der Waals surface area contributed by atoms with Crippen molar-refractivity contribution in [2.75, 3.05) is 13.6 Å². The second-order valence-corrected chi connectivity index (χ2v) is 6.05. The van der Waals surface area contributed by atoms with Gasteiger partial charge in [0.1, 0.15) is 18.2 Å². The highest BCUT2D eigenvalue weighted by Crippen LogP contribution is 2.25. The molecule has 0 fully saturated rings. The molecule has 0 aliphatic heterocycles. The van der Waals surface area contributed by atoms with Crippen LogP contribution >= 0.6 is 0 Å². The Hall–Kier alpha value is -2.76. The van der Waals surface area contributed by atoms with Gasteiger partial charge in [-0.2, -0.15) is 0 Å². The van der Waals surface area contributed by atoms with E-state index in [1.165, 1.54) is 0 Å². The van der Waals surface area contributed by atoms with Gasteiger partial charge in [0.25, 0.3) is 0 Å². The SMILES string of the molecule is CCN(C)C=Nc1ccc(C(=O)OCc2cc(F)cc(F)c2)c(C)c1C. The third-order valence-corrected chi connectivity index (χ3v) is 4.16. The number of carbonyl (C=O) groups is 1. The van der Waals surface area contributed by atoms with Gasteiger partial charge in [0.2, 0.25) is 0 Å². The van der Waals surface area contributed by atoms with Crippen molar-refractivity contribution in [2.45, 2.75) is 27.4 Å². The molecule has 0 aromatic heterocycles. The van der Waals surface area contributed by atoms with Crippen molar-refractivity contribution in [3.8, 4) is 0 Å². The summed E-state index contributed by atoms with van der Waals surface area (Å²) in [6.07, 6.45) is 1.73. The van der Waals surface area contributed by atoms with Gasteiger partial charge in [-0.05, 0) is 61.7 Å². The van der Waals surface area contributed by atoms with E-state index in [0.717, 1.165) is 41.6 Å². The van der Waals surface area contributed by atoms with E-state index in [1.807, 2.05) is 32.7 Å². The number of carbonyl (C=O) groups excluding carboxylic acids is 1. The molecule has 138 valence electrons. The summed E-state index contributed by atoms with van der Waals surface area (Å²) in [5.74, 6) is -1.96. The monoisotopic (exact) mass is 360 g/mol. The lowest BCUT2D eigenvalue weighted by Gasteiger charge is -2.12. The average molecular weight is 360 g/mol. The lowest BCUT2D eigenvalue weighted by molar-refractivity contribution is 0.0471. The highest BCUT2D eigenvalue weighted by molar-refractivity contribution is 5.92. The summed E-state index contributed by atoms with van der Waals surface area (Å²) < 4.78 is 31.6. The van der Waals surface area contributed by atoms with Crippen LogP contribution in [0.15, 0.2) is 35.3 Å². The predicted octanol–water partition coefficient (Wildman–Crippen LogP) is 4.55. The van der Waals surface area contributed by atoms with E-state index < -0.39 is 17.6 Å². The highest BCUT2D eigenvalue weighted by atomic mass is 19.1. The standard InChI is InChI=1S/C20H22F2N2O2/c1-5-24(4)12-23-19-7-6-18(13(2)14(19)3)20(25)26-11-15-8-16(21)10-17(22)9-15/h6-10,12H,5,11H2,1-4H3. The first-order valence-corrected chi connectivity index (χ1v) is 8.28. The first kappa shape index (κ1) is 19.6. The van der Waals surface area contributed by atoms with Crippen LogP contribution < -0.4 is 0 Å². The zero-order valence-electron chi connectivity index (χ0n) is 15.3. The molecule has 6 heteroatoms. The van der Waals surface area contributed by atoms with Crippen LogP contribution in [0.25, 0.3) is 0 Å². The largest absolute Gasteiger partial charge is 0.457 e. The third kappa shape index (κ3) is 4.88. The Morgan fingerprint density at radius 3 is 2.42 bits per heavy atom. The number of rotatable bonds is 6. The van der Waals surface area contributed by atoms with E-state index in [4.69, 9.17) is 4.74 Å². The first-order chi connectivity index (χ1) is 12.3. The topological polar surface area (TPSA) is 41.9 Å². The van der Waals surface area contributed by atoms with Gasteiger partial charge in [-0.1, -0.05) is 0 Å². The van der Waals surface area contributed by atoms with Gasteiger partial charge in [0.15, 0.2) is 0 Å². The van der Waals surface area contributed by atoms with Crippen LogP contribution in [0.4, 0.5) is 14.5 Å². The van der Waals surface area contributed by atoms with Gasteiger partial charge in [-0.15, -0.1) is 0 Å². The Morgan fingerprint density at radius 2 is 1.81 bits per heavy atom. The van der Waals surface area contributed by atoms with E-state index in [0.29, 0.717) is 5.56 Å². The lowest BCUT2D eigenvalue weighted by Crippen LogP contribution is -2.14. The van der Waals surface area contributed by atoms with Crippen molar-refractivity contribution in [1.29, 1.82) is 0 Å². The van der Waals surface area contributed by atoms with Crippen LogP contribution in [-0.2, 0) is 11.3 Å². The molecule has 2 aromatic carbocycles. The molecule has 0 radical (unpaired) electrons. The summed E-state index contributed by atoms with van der Waals surface area (Å²) in [5.41, 5.74) is 3.06. The minimum absolute atomic E-state index is 0.201. The summed E-state index contributed by atoms with van der Waals surface area (Å²) in [6.45, 7) is 6.36. The fourth-order valence-corrected chi connectivity index (χ4v) is 2.33. The molecule has 0 aliphatic rings. The van der Waals surface area contributed by atoms with E-state index in [2.05, 4.69) is 4.99 Å². The van der Waals surface area contributed by atoms with E-state index in [-0.39, 0.29) is 12.2 Å². The van der Waals surface area contributed by atoms with Gasteiger partial charge < -0.3 is 9.64 Å². The Kier molecular flexibility index (Phi) is 6.44. The Balaban J connectivity index is 2.14. The molecule has 0 N–H and O–H groups in total. The minimum atomic E-state index is -0.706. The van der Waals surface area contributed by atoms with Crippen molar-refractivity contribution >= 4 is 18.0 Å². The maximum atomic E-state index is 13.2. The maximum Gasteiger partial charge on any atom is 0.338 e. The summed E-state index contributed by atoms with van der Waals surface area (Å²) in [7, 11) is 1.92. The maximum absolute atomic E-state index is 13.2. The summed E-state index contributed by atoms with van der Waals surface area (Å²) >= 11 is 0. The van der Waals surface area contributed by atoms with E-state index in [1.54, 1.807) is 18.5 Å². The Labute approximate surface area is 152 Å². The third-order valence-electron chi connectivity index (χ3n) is 4.16. The van der Waals surface area contributed by atoms with Gasteiger partial charge in [0, 0.05) is 19.7 Å². The van der Waals surface area contributed by atoms with Crippen molar-refractivity contribution < 1.29 is 18.3 Å². The smallest absolute Gasteiger partial charge is 0.338 e. The molecule has 2 aromatic rings. The highest BCUT2D eigenvalue weighted by Gasteiger charge is 2.14. The lowest BCUT2D eigenvalue weighted by atomic mass is 10.0. The minimum Gasteiger partial charge on any atom is -0.457 e.